The van der Waals surface area contributed by atoms with Gasteiger partial charge >= 0.3 is 35.6 Å². The molecule has 0 unspecified atom stereocenters. The van der Waals surface area contributed by atoms with Gasteiger partial charge in [-0.05, 0) is 76.0 Å². The molecule has 0 saturated heterocycles. The number of benzene rings is 5. The number of phenolic OH excluding ortho intramolecular Hbond substituents is 1. The van der Waals surface area contributed by atoms with Gasteiger partial charge in [-0.2, -0.15) is 0 Å². The van der Waals surface area contributed by atoms with E-state index < -0.39 is 17.0 Å². The quantitative estimate of drug-likeness (QED) is 0.148. The van der Waals surface area contributed by atoms with E-state index in [2.05, 4.69) is 53.5 Å². The summed E-state index contributed by atoms with van der Waals surface area (Å²) in [6.07, 6.45) is 1.74. The third kappa shape index (κ3) is 5.48. The summed E-state index contributed by atoms with van der Waals surface area (Å²) in [5.74, 6) is 0.251. The molecule has 5 heteroatoms. The third-order valence-electron chi connectivity index (χ3n) is 5.43. The van der Waals surface area contributed by atoms with Crippen molar-refractivity contribution in [2.75, 3.05) is 0 Å². The van der Waals surface area contributed by atoms with Gasteiger partial charge in [-0.15, -0.1) is 0 Å². The summed E-state index contributed by atoms with van der Waals surface area (Å²) < 4.78 is 0. The molecule has 2 nitrogen and oxygen atoms in total. The van der Waals surface area contributed by atoms with Crippen LogP contribution in [0.3, 0.4) is 0 Å². The molecule has 0 atom stereocenters. The Kier molecular flexibility index (Phi) is 7.85. The molecule has 0 amide bonds. The standard InChI is InChI=1S/C28H21NO.2ClH.Ti/c1-19-14-23(18-29-24-11-3-2-4-12-24)28(30)27(15-19)25-13-7-10-22-16-20-8-5-6-9-21(20)17-26(22)25;;;/h2-18,30H,1H3;2*1H;/q;;;+2/p-2. The van der Waals surface area contributed by atoms with E-state index in [1.165, 1.54) is 10.8 Å². The van der Waals surface area contributed by atoms with E-state index >= 15 is 0 Å². The molecular formula is C28H21Cl2NOTi. The van der Waals surface area contributed by atoms with Crippen LogP contribution in [0, 0.1) is 6.92 Å². The van der Waals surface area contributed by atoms with Gasteiger partial charge in [-0.1, -0.05) is 60.7 Å². The third-order valence-corrected chi connectivity index (χ3v) is 5.43. The van der Waals surface area contributed by atoms with Crippen molar-refractivity contribution in [3.05, 3.63) is 108 Å². The van der Waals surface area contributed by atoms with Crippen molar-refractivity contribution in [1.82, 2.24) is 0 Å². The van der Waals surface area contributed by atoms with Crippen molar-refractivity contribution in [1.29, 1.82) is 0 Å². The van der Waals surface area contributed by atoms with Crippen LogP contribution < -0.4 is 0 Å². The Balaban J connectivity index is 0.000000821. The summed E-state index contributed by atoms with van der Waals surface area (Å²) in [7, 11) is 9.78. The SMILES string of the molecule is Cc1cc(C=Nc2ccccc2)c(O)c(-c2cccc3cc4ccccc4cc23)c1.[Cl][Ti][Cl]. The minimum atomic E-state index is -0.556. The normalized spacial score (nSPS) is 10.9. The number of aromatic hydroxyl groups is 1. The summed E-state index contributed by atoms with van der Waals surface area (Å²) >= 11 is -0.556. The molecule has 0 saturated carbocycles. The first kappa shape index (κ1) is 23.5. The maximum atomic E-state index is 11.1. The van der Waals surface area contributed by atoms with Crippen LogP contribution in [0.15, 0.2) is 102 Å². The second-order valence-electron chi connectivity index (χ2n) is 7.64. The minimum absolute atomic E-state index is 0.251. The number of fused-ring (bicyclic) bond motifs is 2. The number of halogens is 2. The van der Waals surface area contributed by atoms with E-state index in [0.29, 0.717) is 5.56 Å². The topological polar surface area (TPSA) is 32.6 Å². The zero-order chi connectivity index (χ0) is 23.2. The Morgan fingerprint density at radius 1 is 0.727 bits per heavy atom. The van der Waals surface area contributed by atoms with E-state index in [1.54, 1.807) is 6.21 Å². The molecule has 5 aromatic carbocycles. The average molecular weight is 506 g/mol. The maximum absolute atomic E-state index is 11.1. The van der Waals surface area contributed by atoms with Gasteiger partial charge in [0.15, 0.2) is 0 Å². The first-order valence-electron chi connectivity index (χ1n) is 10.4. The van der Waals surface area contributed by atoms with Gasteiger partial charge in [0.2, 0.25) is 0 Å². The molecule has 162 valence electrons. The summed E-state index contributed by atoms with van der Waals surface area (Å²) in [6.45, 7) is 2.04. The van der Waals surface area contributed by atoms with Crippen molar-refractivity contribution in [2.45, 2.75) is 6.92 Å². The summed E-state index contributed by atoms with van der Waals surface area (Å²) in [5, 5.41) is 15.8. The van der Waals surface area contributed by atoms with Crippen LogP contribution in [0.1, 0.15) is 11.1 Å². The number of hydrogen-bond donors (Lipinski definition) is 1. The molecule has 0 spiro atoms. The van der Waals surface area contributed by atoms with Gasteiger partial charge < -0.3 is 5.11 Å². The molecule has 0 aromatic heterocycles. The van der Waals surface area contributed by atoms with Crippen molar-refractivity contribution in [3.8, 4) is 16.9 Å². The van der Waals surface area contributed by atoms with Crippen LogP contribution >= 0.6 is 18.6 Å². The summed E-state index contributed by atoms with van der Waals surface area (Å²) in [6, 6.07) is 32.8. The number of hydrogen-bond acceptors (Lipinski definition) is 2. The second-order valence-corrected chi connectivity index (χ2v) is 10.2. The molecule has 0 heterocycles. The molecule has 0 fully saturated rings. The number of rotatable bonds is 3. The first-order chi connectivity index (χ1) is 16.1. The molecule has 5 aromatic rings. The van der Waals surface area contributed by atoms with E-state index in [0.717, 1.165) is 33.2 Å². The molecule has 0 bridgehead atoms. The van der Waals surface area contributed by atoms with E-state index in [4.69, 9.17) is 18.6 Å². The van der Waals surface area contributed by atoms with Gasteiger partial charge in [-0.25, -0.2) is 0 Å². The van der Waals surface area contributed by atoms with Gasteiger partial charge in [0, 0.05) is 17.3 Å². The molecule has 1 N–H and O–H groups in total. The average Bonchev–Trinajstić information content (AvgIpc) is 2.84. The van der Waals surface area contributed by atoms with Crippen molar-refractivity contribution < 1.29 is 22.1 Å². The van der Waals surface area contributed by atoms with Crippen molar-refractivity contribution >= 4 is 52.1 Å². The van der Waals surface area contributed by atoms with Gasteiger partial charge in [0.25, 0.3) is 0 Å². The Morgan fingerprint density at radius 2 is 1.36 bits per heavy atom. The predicted octanol–water partition coefficient (Wildman–Crippen LogP) is 8.80. The number of para-hydroxylation sites is 1. The van der Waals surface area contributed by atoms with Crippen LogP contribution in [-0.2, 0) is 17.0 Å². The number of aryl methyl sites for hydroxylation is 1. The molecule has 0 radical (unpaired) electrons. The Morgan fingerprint density at radius 3 is 2.09 bits per heavy atom. The molecule has 5 rings (SSSR count). The second kappa shape index (κ2) is 11.0. The first-order valence-corrected chi connectivity index (χ1v) is 14.7. The molecule has 0 aliphatic rings. The zero-order valence-corrected chi connectivity index (χ0v) is 21.0. The Labute approximate surface area is 210 Å². The van der Waals surface area contributed by atoms with Crippen LogP contribution in [0.25, 0.3) is 32.7 Å². The molecular weight excluding hydrogens is 485 g/mol. The fraction of sp³-hybridized carbons (Fsp3) is 0.0357. The van der Waals surface area contributed by atoms with Crippen LogP contribution in [0.2, 0.25) is 0 Å². The fourth-order valence-corrected chi connectivity index (χ4v) is 3.97. The molecule has 33 heavy (non-hydrogen) atoms. The van der Waals surface area contributed by atoms with E-state index in [1.807, 2.05) is 55.5 Å². The zero-order valence-electron chi connectivity index (χ0n) is 18.0. The van der Waals surface area contributed by atoms with Crippen molar-refractivity contribution in [3.63, 3.8) is 0 Å². The van der Waals surface area contributed by atoms with Gasteiger partial charge in [0.1, 0.15) is 5.75 Å². The van der Waals surface area contributed by atoms with Gasteiger partial charge in [-0.3, -0.25) is 4.99 Å². The van der Waals surface area contributed by atoms with E-state index in [9.17, 15) is 5.11 Å². The number of nitrogens with zero attached hydrogens (tertiary/aromatic N) is 1. The number of phenols is 1. The Hall–Kier alpha value is -2.62. The summed E-state index contributed by atoms with van der Waals surface area (Å²) in [4.78, 5) is 4.53. The Bertz CT molecular complexity index is 1430. The van der Waals surface area contributed by atoms with Crippen LogP contribution in [-0.4, -0.2) is 11.3 Å². The molecule has 0 aliphatic carbocycles. The fourth-order valence-electron chi connectivity index (χ4n) is 3.97. The van der Waals surface area contributed by atoms with Crippen LogP contribution in [0.4, 0.5) is 5.69 Å². The number of aliphatic imine (C=N–C) groups is 1. The van der Waals surface area contributed by atoms with Crippen molar-refractivity contribution in [2.24, 2.45) is 4.99 Å². The predicted molar refractivity (Wildman–Crippen MR) is 139 cm³/mol. The van der Waals surface area contributed by atoms with Gasteiger partial charge in [0.05, 0.1) is 5.69 Å². The monoisotopic (exact) mass is 505 g/mol. The summed E-state index contributed by atoms with van der Waals surface area (Å²) in [5.41, 5.74) is 4.50. The molecule has 0 aliphatic heterocycles. The van der Waals surface area contributed by atoms with E-state index in [-0.39, 0.29) is 5.75 Å². The van der Waals surface area contributed by atoms with Crippen LogP contribution in [0.5, 0.6) is 5.75 Å².